The Morgan fingerprint density at radius 1 is 0.676 bits per heavy atom. The van der Waals surface area contributed by atoms with Crippen LogP contribution in [0, 0.1) is 0 Å². The van der Waals surface area contributed by atoms with Crippen molar-refractivity contribution in [2.75, 3.05) is 0 Å². The molecule has 2 aliphatic carbocycles. The van der Waals surface area contributed by atoms with E-state index in [1.54, 1.807) is 44.5 Å². The molecule has 2 aromatic rings. The van der Waals surface area contributed by atoms with Crippen LogP contribution in [0.3, 0.4) is 0 Å². The second kappa shape index (κ2) is 10.0. The molecule has 0 saturated heterocycles. The summed E-state index contributed by atoms with van der Waals surface area (Å²) >= 11 is -3.56. The van der Waals surface area contributed by atoms with Gasteiger partial charge in [-0.05, 0) is 0 Å². The molecule has 2 unspecified atom stereocenters. The van der Waals surface area contributed by atoms with Gasteiger partial charge < -0.3 is 0 Å². The van der Waals surface area contributed by atoms with Crippen LogP contribution in [-0.4, -0.2) is 10.6 Å². The van der Waals surface area contributed by atoms with Crippen molar-refractivity contribution in [3.63, 3.8) is 0 Å². The molecule has 0 spiro atoms. The Hall–Kier alpha value is -0.667. The van der Waals surface area contributed by atoms with Crippen molar-refractivity contribution in [3.8, 4) is 0 Å². The number of benzene rings is 2. The number of hydrogen-bond acceptors (Lipinski definition) is 0. The van der Waals surface area contributed by atoms with Crippen LogP contribution < -0.4 is 0 Å². The Morgan fingerprint density at radius 3 is 1.41 bits per heavy atom. The van der Waals surface area contributed by atoms with Crippen molar-refractivity contribution in [2.45, 2.75) is 94.4 Å². The predicted molar refractivity (Wildman–Crippen MR) is 153 cm³/mol. The molecule has 0 radical (unpaired) electrons. The summed E-state index contributed by atoms with van der Waals surface area (Å²) in [6, 6.07) is 19.2. The van der Waals surface area contributed by atoms with Crippen LogP contribution in [-0.2, 0) is 16.0 Å². The second-order valence-electron chi connectivity index (χ2n) is 12.5. The molecule has 0 aliphatic heterocycles. The van der Waals surface area contributed by atoms with E-state index in [1.807, 2.05) is 0 Å². The number of unbranched alkanes of at least 4 members (excludes halogenated alkanes) is 2. The van der Waals surface area contributed by atoms with E-state index in [-0.39, 0.29) is 0 Å². The van der Waals surface area contributed by atoms with Crippen LogP contribution in [0.4, 0.5) is 0 Å². The van der Waals surface area contributed by atoms with Gasteiger partial charge in [0.15, 0.2) is 0 Å². The van der Waals surface area contributed by atoms with Gasteiger partial charge in [-0.15, -0.1) is 0 Å². The molecule has 0 amide bonds. The molecule has 183 valence electrons. The van der Waals surface area contributed by atoms with E-state index in [0.29, 0.717) is 0 Å². The van der Waals surface area contributed by atoms with Crippen molar-refractivity contribution in [1.82, 2.24) is 0 Å². The van der Waals surface area contributed by atoms with Gasteiger partial charge in [0.2, 0.25) is 0 Å². The van der Waals surface area contributed by atoms with Crippen molar-refractivity contribution in [3.05, 3.63) is 81.9 Å². The van der Waals surface area contributed by atoms with Gasteiger partial charge >= 0.3 is 214 Å². The van der Waals surface area contributed by atoms with E-state index >= 15 is 0 Å². The topological polar surface area (TPSA) is 0 Å². The van der Waals surface area contributed by atoms with E-state index in [9.17, 15) is 0 Å². The molecule has 4 rings (SSSR count). The van der Waals surface area contributed by atoms with Crippen LogP contribution in [0.25, 0.3) is 11.1 Å². The Labute approximate surface area is 212 Å². The molecule has 0 aromatic heterocycles. The third kappa shape index (κ3) is 3.96. The second-order valence-corrected chi connectivity index (χ2v) is 93.9. The summed E-state index contributed by atoms with van der Waals surface area (Å²) in [6.45, 7) is 9.76. The maximum atomic E-state index is 2.93. The fourth-order valence-electron chi connectivity index (χ4n) is 7.84. The van der Waals surface area contributed by atoms with E-state index in [2.05, 4.69) is 97.1 Å². The number of allylic oxidation sites excluding steroid dienone is 4. The van der Waals surface area contributed by atoms with Crippen LogP contribution >= 0.6 is 0 Å². The average Bonchev–Trinajstić information content (AvgIpc) is 3.27. The standard InChI is InChI=1S/2C14H17.C2H7Ge.2CH3.Hf/c2*1-3-4-8-13-11(2)10-12-7-5-6-9-14(12)13;1-3-2;;;/h2*5-7,9-10H,3-4,8H2,1-2H3;3H,1-2H3;2*1H3;. The molecule has 34 heavy (non-hydrogen) atoms. The molecule has 2 atom stereocenters. The molecule has 0 heterocycles. The molecular formula is C32H47GeHf. The first-order valence-corrected chi connectivity index (χ1v) is 42.1. The predicted octanol–water partition coefficient (Wildman–Crippen LogP) is 10.2. The number of rotatable bonds is 9. The van der Waals surface area contributed by atoms with Gasteiger partial charge in [-0.25, -0.2) is 0 Å². The van der Waals surface area contributed by atoms with E-state index in [1.165, 1.54) is 38.5 Å². The fourth-order valence-corrected chi connectivity index (χ4v) is 71.4. The summed E-state index contributed by atoms with van der Waals surface area (Å²) < 4.78 is 7.31. The first-order valence-electron chi connectivity index (χ1n) is 14.0. The van der Waals surface area contributed by atoms with Crippen molar-refractivity contribution in [2.24, 2.45) is 0 Å². The molecule has 0 fully saturated rings. The van der Waals surface area contributed by atoms with Crippen LogP contribution in [0.5, 0.6) is 0 Å². The average molecular weight is 683 g/mol. The maximum absolute atomic E-state index is 3.56. The van der Waals surface area contributed by atoms with Crippen LogP contribution in [0.2, 0.25) is 20.9 Å². The summed E-state index contributed by atoms with van der Waals surface area (Å²) in [5.74, 6) is 5.53. The third-order valence-corrected chi connectivity index (χ3v) is 116. The van der Waals surface area contributed by atoms with Gasteiger partial charge in [0.05, 0.1) is 0 Å². The number of hydrogen-bond donors (Lipinski definition) is 0. The van der Waals surface area contributed by atoms with E-state index < -0.39 is 26.7 Å². The summed E-state index contributed by atoms with van der Waals surface area (Å²) in [5.41, 5.74) is 13.6. The van der Waals surface area contributed by atoms with Gasteiger partial charge in [0, 0.05) is 0 Å². The van der Waals surface area contributed by atoms with Crippen LogP contribution in [0.15, 0.2) is 59.7 Å². The van der Waals surface area contributed by atoms with Crippen molar-refractivity contribution >= 4 is 21.8 Å². The Bertz CT molecular complexity index is 1050. The molecule has 0 nitrogen and oxygen atoms in total. The Morgan fingerprint density at radius 2 is 1.06 bits per heavy atom. The normalized spacial score (nSPS) is 21.1. The summed E-state index contributed by atoms with van der Waals surface area (Å²) in [6.07, 6.45) is 7.68. The molecule has 0 N–H and O–H groups in total. The van der Waals surface area contributed by atoms with Gasteiger partial charge in [-0.2, -0.15) is 0 Å². The minimum absolute atomic E-state index is 0.721. The van der Waals surface area contributed by atoms with Gasteiger partial charge in [0.1, 0.15) is 0 Å². The molecule has 2 aromatic carbocycles. The summed E-state index contributed by atoms with van der Waals surface area (Å²) in [4.78, 5) is 0. The number of fused-ring (bicyclic) bond motifs is 2. The quantitative estimate of drug-likeness (QED) is 0.231. The summed E-state index contributed by atoms with van der Waals surface area (Å²) in [5, 5.41) is 0. The molecule has 2 aliphatic rings. The Kier molecular flexibility index (Phi) is 7.77. The van der Waals surface area contributed by atoms with Gasteiger partial charge in [-0.1, -0.05) is 0 Å². The zero-order valence-electron chi connectivity index (χ0n) is 23.1. The van der Waals surface area contributed by atoms with Crippen molar-refractivity contribution < 1.29 is 16.0 Å². The first-order chi connectivity index (χ1) is 16.2. The zero-order valence-corrected chi connectivity index (χ0v) is 29.1. The van der Waals surface area contributed by atoms with Gasteiger partial charge in [0.25, 0.3) is 0 Å². The minimum atomic E-state index is -3.56. The fraction of sp³-hybridized carbons (Fsp3) is 0.500. The van der Waals surface area contributed by atoms with Crippen molar-refractivity contribution in [1.29, 1.82) is 0 Å². The van der Waals surface area contributed by atoms with Crippen LogP contribution in [0.1, 0.15) is 95.8 Å². The molecule has 0 saturated carbocycles. The first kappa shape index (κ1) is 26.4. The van der Waals surface area contributed by atoms with Gasteiger partial charge in [-0.3, -0.25) is 0 Å². The Balaban J connectivity index is 1.98. The molecule has 0 bridgehead atoms. The SMILES string of the molecule is CCCCC1=C(C)[CH]([Hf]([CH3])([CH3])([CH]2C(C)=C(CCCC)c3ccccc32)[GeH]([CH3])[CH3])c2ccccc21. The summed E-state index contributed by atoms with van der Waals surface area (Å²) in [7, 11) is -1.57. The van der Waals surface area contributed by atoms with E-state index in [4.69, 9.17) is 0 Å². The molecule has 2 heteroatoms. The monoisotopic (exact) mass is 685 g/mol. The molecular weight excluding hydrogens is 635 g/mol. The third-order valence-electron chi connectivity index (χ3n) is 10.2. The zero-order chi connectivity index (χ0) is 24.7. The van der Waals surface area contributed by atoms with E-state index in [0.717, 1.165) is 7.35 Å².